The van der Waals surface area contributed by atoms with E-state index in [-0.39, 0.29) is 16.3 Å². The summed E-state index contributed by atoms with van der Waals surface area (Å²) >= 11 is 5.97. The molecule has 3 rings (SSSR count). The van der Waals surface area contributed by atoms with Gasteiger partial charge in [-0.25, -0.2) is 4.39 Å². The van der Waals surface area contributed by atoms with Crippen LogP contribution < -0.4 is 5.32 Å². The van der Waals surface area contributed by atoms with E-state index in [0.717, 1.165) is 24.9 Å². The zero-order chi connectivity index (χ0) is 13.3. The SMILES string of the molecule is Fc1c(Cl)cccc1C1(CNC2CC2)CCCCC1. The molecule has 0 bridgehead atoms. The largest absolute Gasteiger partial charge is 0.313 e. The Morgan fingerprint density at radius 3 is 2.63 bits per heavy atom. The number of halogens is 2. The lowest BCUT2D eigenvalue weighted by Gasteiger charge is -2.38. The van der Waals surface area contributed by atoms with Gasteiger partial charge in [0.15, 0.2) is 0 Å². The Balaban J connectivity index is 1.89. The van der Waals surface area contributed by atoms with Crippen LogP contribution in [0.1, 0.15) is 50.5 Å². The third kappa shape index (κ3) is 2.80. The van der Waals surface area contributed by atoms with Crippen molar-refractivity contribution in [2.45, 2.75) is 56.4 Å². The smallest absolute Gasteiger partial charge is 0.145 e. The van der Waals surface area contributed by atoms with Crippen molar-refractivity contribution in [2.75, 3.05) is 6.54 Å². The van der Waals surface area contributed by atoms with Crippen LogP contribution in [0.5, 0.6) is 0 Å². The van der Waals surface area contributed by atoms with Crippen LogP contribution in [-0.2, 0) is 5.41 Å². The molecule has 0 amide bonds. The first kappa shape index (κ1) is 13.4. The summed E-state index contributed by atoms with van der Waals surface area (Å²) in [4.78, 5) is 0. The topological polar surface area (TPSA) is 12.0 Å². The Morgan fingerprint density at radius 2 is 1.95 bits per heavy atom. The summed E-state index contributed by atoms with van der Waals surface area (Å²) in [6, 6.07) is 6.13. The van der Waals surface area contributed by atoms with Crippen LogP contribution in [0.4, 0.5) is 4.39 Å². The van der Waals surface area contributed by atoms with Crippen LogP contribution in [-0.4, -0.2) is 12.6 Å². The van der Waals surface area contributed by atoms with Crippen molar-refractivity contribution >= 4 is 11.6 Å². The molecular weight excluding hydrogens is 261 g/mol. The first-order valence-electron chi connectivity index (χ1n) is 7.39. The van der Waals surface area contributed by atoms with Crippen LogP contribution in [0, 0.1) is 5.82 Å². The Bertz CT molecular complexity index is 450. The van der Waals surface area contributed by atoms with E-state index in [1.807, 2.05) is 12.1 Å². The van der Waals surface area contributed by atoms with E-state index < -0.39 is 0 Å². The zero-order valence-corrected chi connectivity index (χ0v) is 12.0. The summed E-state index contributed by atoms with van der Waals surface area (Å²) in [6.45, 7) is 0.898. The van der Waals surface area contributed by atoms with Gasteiger partial charge < -0.3 is 5.32 Å². The molecule has 0 spiro atoms. The minimum absolute atomic E-state index is 0.0458. The van der Waals surface area contributed by atoms with Crippen LogP contribution in [0.2, 0.25) is 5.02 Å². The van der Waals surface area contributed by atoms with Gasteiger partial charge >= 0.3 is 0 Å². The minimum atomic E-state index is -0.205. The van der Waals surface area contributed by atoms with Crippen LogP contribution in [0.3, 0.4) is 0 Å². The van der Waals surface area contributed by atoms with Gasteiger partial charge in [0.1, 0.15) is 5.82 Å². The molecule has 1 aromatic carbocycles. The number of hydrogen-bond acceptors (Lipinski definition) is 1. The van der Waals surface area contributed by atoms with Crippen molar-refractivity contribution in [2.24, 2.45) is 0 Å². The Hall–Kier alpha value is -0.600. The molecule has 0 unspecified atom stereocenters. The molecule has 104 valence electrons. The number of hydrogen-bond donors (Lipinski definition) is 1. The zero-order valence-electron chi connectivity index (χ0n) is 11.2. The van der Waals surface area contributed by atoms with E-state index in [4.69, 9.17) is 11.6 Å². The lowest BCUT2D eigenvalue weighted by atomic mass is 9.69. The van der Waals surface area contributed by atoms with E-state index in [0.29, 0.717) is 6.04 Å². The average Bonchev–Trinajstić information content (AvgIpc) is 3.25. The van der Waals surface area contributed by atoms with E-state index in [1.165, 1.54) is 32.1 Å². The summed E-state index contributed by atoms with van der Waals surface area (Å²) in [5.74, 6) is -0.205. The molecule has 1 N–H and O–H groups in total. The summed E-state index contributed by atoms with van der Waals surface area (Å²) < 4.78 is 14.4. The maximum Gasteiger partial charge on any atom is 0.145 e. The predicted octanol–water partition coefficient (Wildman–Crippen LogP) is 4.43. The van der Waals surface area contributed by atoms with E-state index in [2.05, 4.69) is 5.32 Å². The molecule has 0 heterocycles. The van der Waals surface area contributed by atoms with Crippen LogP contribution in [0.15, 0.2) is 18.2 Å². The predicted molar refractivity (Wildman–Crippen MR) is 77.2 cm³/mol. The summed E-state index contributed by atoms with van der Waals surface area (Å²) in [7, 11) is 0. The van der Waals surface area contributed by atoms with Gasteiger partial charge in [-0.05, 0) is 37.3 Å². The normalized spacial score (nSPS) is 22.4. The second kappa shape index (κ2) is 5.41. The quantitative estimate of drug-likeness (QED) is 0.861. The minimum Gasteiger partial charge on any atom is -0.313 e. The molecule has 2 saturated carbocycles. The van der Waals surface area contributed by atoms with Gasteiger partial charge in [0.25, 0.3) is 0 Å². The lowest BCUT2D eigenvalue weighted by Crippen LogP contribution is -2.41. The van der Waals surface area contributed by atoms with Crippen molar-refractivity contribution < 1.29 is 4.39 Å². The van der Waals surface area contributed by atoms with Crippen molar-refractivity contribution in [1.82, 2.24) is 5.32 Å². The average molecular weight is 282 g/mol. The second-order valence-corrected chi connectivity index (χ2v) is 6.50. The number of benzene rings is 1. The molecule has 19 heavy (non-hydrogen) atoms. The van der Waals surface area contributed by atoms with Gasteiger partial charge in [0.05, 0.1) is 5.02 Å². The molecule has 2 fully saturated rings. The Labute approximate surface area is 119 Å². The first-order chi connectivity index (χ1) is 9.21. The first-order valence-corrected chi connectivity index (χ1v) is 7.77. The summed E-state index contributed by atoms with van der Waals surface area (Å²) in [6.07, 6.45) is 8.35. The second-order valence-electron chi connectivity index (χ2n) is 6.10. The van der Waals surface area contributed by atoms with E-state index in [9.17, 15) is 4.39 Å². The van der Waals surface area contributed by atoms with Gasteiger partial charge in [0, 0.05) is 18.0 Å². The third-order valence-corrected chi connectivity index (χ3v) is 4.93. The summed E-state index contributed by atoms with van der Waals surface area (Å²) in [5, 5.41) is 3.86. The van der Waals surface area contributed by atoms with Crippen molar-refractivity contribution in [3.63, 3.8) is 0 Å². The van der Waals surface area contributed by atoms with E-state index in [1.54, 1.807) is 6.07 Å². The molecule has 0 aromatic heterocycles. The lowest BCUT2D eigenvalue weighted by molar-refractivity contribution is 0.271. The molecule has 0 atom stereocenters. The highest BCUT2D eigenvalue weighted by Crippen LogP contribution is 2.41. The summed E-state index contributed by atoms with van der Waals surface area (Å²) in [5.41, 5.74) is 0.781. The van der Waals surface area contributed by atoms with Gasteiger partial charge in [-0.15, -0.1) is 0 Å². The van der Waals surface area contributed by atoms with Gasteiger partial charge in [-0.3, -0.25) is 0 Å². The molecule has 0 radical (unpaired) electrons. The maximum atomic E-state index is 14.4. The molecule has 1 aromatic rings. The van der Waals surface area contributed by atoms with Crippen LogP contribution >= 0.6 is 11.6 Å². The highest BCUT2D eigenvalue weighted by Gasteiger charge is 2.37. The third-order valence-electron chi connectivity index (χ3n) is 4.64. The molecule has 3 heteroatoms. The Morgan fingerprint density at radius 1 is 1.21 bits per heavy atom. The highest BCUT2D eigenvalue weighted by atomic mass is 35.5. The van der Waals surface area contributed by atoms with Gasteiger partial charge in [-0.1, -0.05) is 43.0 Å². The van der Waals surface area contributed by atoms with Crippen LogP contribution in [0.25, 0.3) is 0 Å². The van der Waals surface area contributed by atoms with Gasteiger partial charge in [-0.2, -0.15) is 0 Å². The standard InChI is InChI=1S/C16H21ClFN/c17-14-6-4-5-13(15(14)18)16(9-2-1-3-10-16)11-19-12-7-8-12/h4-6,12,19H,1-3,7-11H2. The fraction of sp³-hybridized carbons (Fsp3) is 0.625. The monoisotopic (exact) mass is 281 g/mol. The molecular formula is C16H21ClFN. The molecule has 2 aliphatic rings. The molecule has 2 aliphatic carbocycles. The highest BCUT2D eigenvalue weighted by molar-refractivity contribution is 6.30. The molecule has 1 nitrogen and oxygen atoms in total. The Kier molecular flexibility index (Phi) is 3.81. The molecule has 0 aliphatic heterocycles. The fourth-order valence-corrected chi connectivity index (χ4v) is 3.48. The number of rotatable bonds is 4. The van der Waals surface area contributed by atoms with Crippen molar-refractivity contribution in [3.8, 4) is 0 Å². The van der Waals surface area contributed by atoms with E-state index >= 15 is 0 Å². The number of nitrogens with one attached hydrogen (secondary N) is 1. The fourth-order valence-electron chi connectivity index (χ4n) is 3.31. The van der Waals surface area contributed by atoms with Crippen molar-refractivity contribution in [1.29, 1.82) is 0 Å². The van der Waals surface area contributed by atoms with Gasteiger partial charge in [0.2, 0.25) is 0 Å². The molecule has 0 saturated heterocycles. The van der Waals surface area contributed by atoms with Crippen molar-refractivity contribution in [3.05, 3.63) is 34.6 Å². The maximum absolute atomic E-state index is 14.4.